The van der Waals surface area contributed by atoms with E-state index in [-0.39, 0.29) is 18.1 Å². The van der Waals surface area contributed by atoms with Crippen LogP contribution in [-0.4, -0.2) is 51.7 Å². The summed E-state index contributed by atoms with van der Waals surface area (Å²) in [5.74, 6) is 0.938. The Kier molecular flexibility index (Phi) is 6.01. The number of rotatable bonds is 8. The Morgan fingerprint density at radius 3 is 2.58 bits per heavy atom. The molecule has 0 bridgehead atoms. The Morgan fingerprint density at radius 2 is 1.94 bits per heavy atom. The number of alkyl halides is 1. The van der Waals surface area contributed by atoms with Crippen molar-refractivity contribution in [3.8, 4) is 28.3 Å². The summed E-state index contributed by atoms with van der Waals surface area (Å²) < 4.78 is 26.3. The molecule has 0 radical (unpaired) electrons. The summed E-state index contributed by atoms with van der Waals surface area (Å²) in [4.78, 5) is 26.4. The van der Waals surface area contributed by atoms with Gasteiger partial charge in [-0.25, -0.2) is 4.39 Å². The monoisotopic (exact) mass is 426 g/mol. The number of likely N-dealkylation sites (tertiary alicyclic amines) is 1. The lowest BCUT2D eigenvalue weighted by Gasteiger charge is -2.18. The zero-order valence-electron chi connectivity index (χ0n) is 17.2. The van der Waals surface area contributed by atoms with Crippen LogP contribution in [-0.2, 0) is 11.8 Å². The van der Waals surface area contributed by atoms with Crippen LogP contribution in [0.1, 0.15) is 12.8 Å². The molecule has 0 atom stereocenters. The van der Waals surface area contributed by atoms with Crippen LogP contribution in [0.5, 0.6) is 11.5 Å². The summed E-state index contributed by atoms with van der Waals surface area (Å²) in [5, 5.41) is 4.21. The molecule has 0 unspecified atom stereocenters. The maximum absolute atomic E-state index is 12.8. The number of amides is 1. The second-order valence-electron chi connectivity index (χ2n) is 7.24. The first kappa shape index (κ1) is 20.6. The lowest BCUT2D eigenvalue weighted by molar-refractivity contribution is -0.128. The van der Waals surface area contributed by atoms with E-state index in [1.165, 1.54) is 10.6 Å². The van der Waals surface area contributed by atoms with Crippen molar-refractivity contribution in [2.75, 3.05) is 26.6 Å². The molecule has 3 heterocycles. The summed E-state index contributed by atoms with van der Waals surface area (Å²) in [6.07, 6.45) is 6.66. The number of halogens is 1. The first-order valence-electron chi connectivity index (χ1n) is 10.0. The summed E-state index contributed by atoms with van der Waals surface area (Å²) in [6.45, 7) is 0.586. The molecular formula is C22H23FN4O4. The number of carbonyl (C=O) groups is 1. The van der Waals surface area contributed by atoms with Crippen molar-refractivity contribution in [2.45, 2.75) is 12.8 Å². The molecule has 1 saturated heterocycles. The molecule has 1 aliphatic heterocycles. The van der Waals surface area contributed by atoms with E-state index in [1.54, 1.807) is 46.2 Å². The first-order chi connectivity index (χ1) is 15.0. The van der Waals surface area contributed by atoms with Gasteiger partial charge in [-0.3, -0.25) is 18.8 Å². The minimum Gasteiger partial charge on any atom is -0.491 e. The normalized spacial score (nSPS) is 13.6. The lowest BCUT2D eigenvalue weighted by atomic mass is 10.1. The highest BCUT2D eigenvalue weighted by Gasteiger charge is 2.20. The van der Waals surface area contributed by atoms with Gasteiger partial charge in [0.2, 0.25) is 12.8 Å². The van der Waals surface area contributed by atoms with Gasteiger partial charge >= 0.3 is 0 Å². The van der Waals surface area contributed by atoms with Crippen LogP contribution >= 0.6 is 0 Å². The quantitative estimate of drug-likeness (QED) is 0.553. The van der Waals surface area contributed by atoms with Gasteiger partial charge in [0.05, 0.1) is 12.7 Å². The van der Waals surface area contributed by atoms with E-state index in [0.717, 1.165) is 18.5 Å². The van der Waals surface area contributed by atoms with Crippen LogP contribution in [0.4, 0.5) is 4.39 Å². The van der Waals surface area contributed by atoms with Crippen molar-refractivity contribution in [1.82, 2.24) is 19.2 Å². The summed E-state index contributed by atoms with van der Waals surface area (Å²) in [7, 11) is 1.81. The van der Waals surface area contributed by atoms with E-state index in [0.29, 0.717) is 35.7 Å². The number of pyridine rings is 1. The molecule has 9 heteroatoms. The fourth-order valence-corrected chi connectivity index (χ4v) is 3.59. The summed E-state index contributed by atoms with van der Waals surface area (Å²) in [5.41, 5.74) is 1.82. The molecule has 1 amide bonds. The lowest BCUT2D eigenvalue weighted by Crippen LogP contribution is -2.29. The van der Waals surface area contributed by atoms with Crippen molar-refractivity contribution in [3.63, 3.8) is 0 Å². The van der Waals surface area contributed by atoms with Gasteiger partial charge in [0.15, 0.2) is 0 Å². The van der Waals surface area contributed by atoms with E-state index in [4.69, 9.17) is 9.47 Å². The van der Waals surface area contributed by atoms with E-state index in [9.17, 15) is 14.0 Å². The Labute approximate surface area is 178 Å². The third-order valence-electron chi connectivity index (χ3n) is 5.16. The number of ether oxygens (including phenoxy) is 2. The van der Waals surface area contributed by atoms with Crippen molar-refractivity contribution in [2.24, 2.45) is 7.05 Å². The number of hydrogen-bond donors (Lipinski definition) is 0. The number of nitrogens with zero attached hydrogens (tertiary/aromatic N) is 4. The van der Waals surface area contributed by atoms with Crippen LogP contribution in [0.15, 0.2) is 53.7 Å². The Balaban J connectivity index is 1.63. The molecule has 0 N–H and O–H groups in total. The Morgan fingerprint density at radius 1 is 1.13 bits per heavy atom. The van der Waals surface area contributed by atoms with Crippen molar-refractivity contribution in [3.05, 3.63) is 59.3 Å². The fraction of sp³-hybridized carbons (Fsp3) is 0.318. The summed E-state index contributed by atoms with van der Waals surface area (Å²) >= 11 is 0. The molecule has 1 aromatic carbocycles. The minimum atomic E-state index is -0.917. The second kappa shape index (κ2) is 9.03. The van der Waals surface area contributed by atoms with Gasteiger partial charge in [-0.2, -0.15) is 5.10 Å². The van der Waals surface area contributed by atoms with Crippen LogP contribution in [0.3, 0.4) is 0 Å². The van der Waals surface area contributed by atoms with E-state index < -0.39 is 6.86 Å². The maximum atomic E-state index is 12.8. The maximum Gasteiger partial charge on any atom is 0.258 e. The van der Waals surface area contributed by atoms with Crippen LogP contribution in [0.2, 0.25) is 0 Å². The number of aryl methyl sites for hydroxylation is 1. The Hall–Kier alpha value is -3.62. The molecular weight excluding hydrogens is 403 g/mol. The van der Waals surface area contributed by atoms with Gasteiger partial charge in [0, 0.05) is 55.3 Å². The zero-order valence-corrected chi connectivity index (χ0v) is 17.2. The highest BCUT2D eigenvalue weighted by Crippen LogP contribution is 2.29. The number of benzene rings is 1. The van der Waals surface area contributed by atoms with E-state index in [2.05, 4.69) is 5.10 Å². The average molecular weight is 426 g/mol. The summed E-state index contributed by atoms with van der Waals surface area (Å²) in [6, 6.07) is 7.99. The van der Waals surface area contributed by atoms with Gasteiger partial charge in [0.25, 0.3) is 5.56 Å². The molecule has 1 aliphatic rings. The number of carbonyl (C=O) groups excluding carboxylic acids is 1. The third-order valence-corrected chi connectivity index (χ3v) is 5.16. The predicted octanol–water partition coefficient (Wildman–Crippen LogP) is 2.55. The molecule has 31 heavy (non-hydrogen) atoms. The molecule has 0 saturated carbocycles. The second-order valence-corrected chi connectivity index (χ2v) is 7.24. The van der Waals surface area contributed by atoms with Gasteiger partial charge in [-0.1, -0.05) is 0 Å². The SMILES string of the molecule is Cn1cc(-c2cn(-c3ccc(OCF)cc3)c(=O)cc2OCCN2CCCC2=O)cn1. The van der Waals surface area contributed by atoms with Crippen LogP contribution in [0.25, 0.3) is 16.8 Å². The average Bonchev–Trinajstić information content (AvgIpc) is 3.37. The first-order valence-corrected chi connectivity index (χ1v) is 10.0. The number of aromatic nitrogens is 3. The molecule has 8 nitrogen and oxygen atoms in total. The minimum absolute atomic E-state index is 0.131. The molecule has 2 aromatic heterocycles. The van der Waals surface area contributed by atoms with Crippen molar-refractivity contribution in [1.29, 1.82) is 0 Å². The largest absolute Gasteiger partial charge is 0.491 e. The third kappa shape index (κ3) is 4.60. The topological polar surface area (TPSA) is 78.6 Å². The standard InChI is InChI=1S/C22H23FN4O4/c1-25-13-16(12-24-25)19-14-27(17-4-6-18(7-5-17)31-15-23)22(29)11-20(19)30-10-9-26-8-2-3-21(26)28/h4-7,11-14H,2-3,8-10,15H2,1H3. The molecule has 0 spiro atoms. The molecule has 0 aliphatic carbocycles. The van der Waals surface area contributed by atoms with Crippen LogP contribution in [0, 0.1) is 0 Å². The molecule has 4 rings (SSSR count). The van der Waals surface area contributed by atoms with Gasteiger partial charge < -0.3 is 14.4 Å². The smallest absolute Gasteiger partial charge is 0.258 e. The fourth-order valence-electron chi connectivity index (χ4n) is 3.59. The highest BCUT2D eigenvalue weighted by atomic mass is 19.1. The van der Waals surface area contributed by atoms with Gasteiger partial charge in [-0.15, -0.1) is 0 Å². The van der Waals surface area contributed by atoms with Crippen LogP contribution < -0.4 is 15.0 Å². The van der Waals surface area contributed by atoms with Crippen molar-refractivity contribution >= 4 is 5.91 Å². The number of hydrogen-bond acceptors (Lipinski definition) is 5. The van der Waals surface area contributed by atoms with E-state index in [1.807, 2.05) is 13.2 Å². The molecule has 1 fully saturated rings. The molecule has 3 aromatic rings. The highest BCUT2D eigenvalue weighted by molar-refractivity contribution is 5.78. The predicted molar refractivity (Wildman–Crippen MR) is 112 cm³/mol. The van der Waals surface area contributed by atoms with Gasteiger partial charge in [-0.05, 0) is 30.7 Å². The van der Waals surface area contributed by atoms with Gasteiger partial charge in [0.1, 0.15) is 18.1 Å². The van der Waals surface area contributed by atoms with Crippen molar-refractivity contribution < 1.29 is 18.7 Å². The molecule has 162 valence electrons. The Bertz CT molecular complexity index is 1120. The van der Waals surface area contributed by atoms with E-state index >= 15 is 0 Å². The zero-order chi connectivity index (χ0) is 21.8.